The van der Waals surface area contributed by atoms with Crippen LogP contribution in [0.1, 0.15) is 45.7 Å². The van der Waals surface area contributed by atoms with Crippen LogP contribution in [0.2, 0.25) is 10.0 Å². The molecule has 7 heteroatoms. The molecule has 2 aromatic carbocycles. The monoisotopic (exact) mass is 457 g/mol. The predicted molar refractivity (Wildman–Crippen MR) is 123 cm³/mol. The maximum Gasteiger partial charge on any atom is 0.254 e. The molecular weight excluding hydrogens is 433 g/mol. The van der Waals surface area contributed by atoms with Crippen LogP contribution in [0.15, 0.2) is 42.5 Å². The van der Waals surface area contributed by atoms with Gasteiger partial charge in [0, 0.05) is 34.5 Å². The maximum atomic E-state index is 13.9. The highest BCUT2D eigenvalue weighted by atomic mass is 35.5. The largest absolute Gasteiger partial charge is 0.307 e. The Bertz CT molecular complexity index is 1050. The molecule has 0 spiro atoms. The standard InChI is InChI=1S/C24H25Cl2N3O2/c1-15(30)29-21(23(2,3)4)28(20-11-18(25)10-19(26)12-20)22(31)24(29,5)13-16-6-8-17(14-27)9-7-16/h6-12,21H,13H2,1-5H3/t21-,24-/m1/s1. The summed E-state index contributed by atoms with van der Waals surface area (Å²) in [5, 5.41) is 9.89. The van der Waals surface area contributed by atoms with Crippen LogP contribution in [0, 0.1) is 16.7 Å². The second kappa shape index (κ2) is 8.18. The van der Waals surface area contributed by atoms with Crippen LogP contribution in [-0.4, -0.2) is 28.4 Å². The molecular formula is C24H25Cl2N3O2. The van der Waals surface area contributed by atoms with Crippen molar-refractivity contribution < 1.29 is 9.59 Å². The minimum atomic E-state index is -1.12. The second-order valence-corrected chi connectivity index (χ2v) is 10.1. The molecule has 1 aliphatic heterocycles. The Morgan fingerprint density at radius 2 is 1.68 bits per heavy atom. The fourth-order valence-electron chi connectivity index (χ4n) is 4.35. The molecule has 0 saturated carbocycles. The van der Waals surface area contributed by atoms with Crippen molar-refractivity contribution in [3.8, 4) is 6.07 Å². The molecule has 31 heavy (non-hydrogen) atoms. The van der Waals surface area contributed by atoms with Gasteiger partial charge in [0.15, 0.2) is 0 Å². The summed E-state index contributed by atoms with van der Waals surface area (Å²) in [6.07, 6.45) is -0.218. The average molecular weight is 458 g/mol. The van der Waals surface area contributed by atoms with Gasteiger partial charge in [0.1, 0.15) is 11.7 Å². The van der Waals surface area contributed by atoms with Gasteiger partial charge in [-0.2, -0.15) is 5.26 Å². The number of nitrogens with zero attached hydrogens (tertiary/aromatic N) is 3. The summed E-state index contributed by atoms with van der Waals surface area (Å²) in [5.74, 6) is -0.398. The summed E-state index contributed by atoms with van der Waals surface area (Å²) < 4.78 is 0. The van der Waals surface area contributed by atoms with Gasteiger partial charge < -0.3 is 4.90 Å². The van der Waals surface area contributed by atoms with Gasteiger partial charge in [-0.3, -0.25) is 14.5 Å². The number of amides is 2. The van der Waals surface area contributed by atoms with Crippen molar-refractivity contribution in [2.75, 3.05) is 4.90 Å². The molecule has 0 aromatic heterocycles. The number of halogens is 2. The average Bonchev–Trinajstić information content (AvgIpc) is 2.89. The van der Waals surface area contributed by atoms with E-state index in [1.807, 2.05) is 32.9 Å². The van der Waals surface area contributed by atoms with Gasteiger partial charge in [-0.15, -0.1) is 0 Å². The summed E-state index contributed by atoms with van der Waals surface area (Å²) in [4.78, 5) is 30.2. The Morgan fingerprint density at radius 3 is 2.13 bits per heavy atom. The molecule has 1 fully saturated rings. The zero-order valence-corrected chi connectivity index (χ0v) is 19.8. The van der Waals surface area contributed by atoms with Crippen molar-refractivity contribution in [2.24, 2.45) is 5.41 Å². The van der Waals surface area contributed by atoms with Crippen LogP contribution >= 0.6 is 23.2 Å². The topological polar surface area (TPSA) is 64.4 Å². The minimum Gasteiger partial charge on any atom is -0.307 e. The fraction of sp³-hybridized carbons (Fsp3) is 0.375. The Hall–Kier alpha value is -2.55. The van der Waals surface area contributed by atoms with Crippen molar-refractivity contribution in [1.29, 1.82) is 5.26 Å². The van der Waals surface area contributed by atoms with E-state index in [1.165, 1.54) is 6.92 Å². The van der Waals surface area contributed by atoms with Crippen LogP contribution in [0.3, 0.4) is 0 Å². The van der Waals surface area contributed by atoms with Crippen LogP contribution < -0.4 is 4.90 Å². The third kappa shape index (κ3) is 4.28. The fourth-order valence-corrected chi connectivity index (χ4v) is 4.86. The number of carbonyl (C=O) groups excluding carboxylic acids is 2. The highest BCUT2D eigenvalue weighted by Gasteiger charge is 2.59. The molecule has 1 aliphatic rings. The molecule has 5 nitrogen and oxygen atoms in total. The Kier molecular flexibility index (Phi) is 6.10. The van der Waals surface area contributed by atoms with Gasteiger partial charge in [-0.25, -0.2) is 0 Å². The minimum absolute atomic E-state index is 0.194. The second-order valence-electron chi connectivity index (χ2n) is 9.19. The Morgan fingerprint density at radius 1 is 1.13 bits per heavy atom. The smallest absolute Gasteiger partial charge is 0.254 e. The van der Waals surface area contributed by atoms with Crippen molar-refractivity contribution in [3.63, 3.8) is 0 Å². The van der Waals surface area contributed by atoms with Crippen LogP contribution in [-0.2, 0) is 16.0 Å². The molecule has 1 saturated heterocycles. The van der Waals surface area contributed by atoms with Gasteiger partial charge in [-0.1, -0.05) is 56.1 Å². The normalized spacial score (nSPS) is 21.4. The van der Waals surface area contributed by atoms with Crippen molar-refractivity contribution in [2.45, 2.75) is 52.7 Å². The summed E-state index contributed by atoms with van der Waals surface area (Å²) in [6.45, 7) is 9.26. The van der Waals surface area contributed by atoms with E-state index in [4.69, 9.17) is 28.5 Å². The van der Waals surface area contributed by atoms with E-state index in [-0.39, 0.29) is 11.8 Å². The van der Waals surface area contributed by atoms with E-state index in [0.717, 1.165) is 5.56 Å². The van der Waals surface area contributed by atoms with Crippen LogP contribution in [0.4, 0.5) is 5.69 Å². The van der Waals surface area contributed by atoms with Crippen LogP contribution in [0.25, 0.3) is 0 Å². The summed E-state index contributed by atoms with van der Waals surface area (Å²) in [5.41, 5.74) is 0.389. The van der Waals surface area contributed by atoms with E-state index in [2.05, 4.69) is 6.07 Å². The lowest BCUT2D eigenvalue weighted by Crippen LogP contribution is -2.55. The highest BCUT2D eigenvalue weighted by molar-refractivity contribution is 6.35. The van der Waals surface area contributed by atoms with Crippen molar-refractivity contribution >= 4 is 40.7 Å². The quantitative estimate of drug-likeness (QED) is 0.616. The molecule has 2 amide bonds. The van der Waals surface area contributed by atoms with E-state index in [0.29, 0.717) is 27.7 Å². The molecule has 0 N–H and O–H groups in total. The zero-order chi connectivity index (χ0) is 23.1. The molecule has 2 aromatic rings. The molecule has 0 bridgehead atoms. The molecule has 2 atom stereocenters. The summed E-state index contributed by atoms with van der Waals surface area (Å²) >= 11 is 12.5. The summed E-state index contributed by atoms with van der Waals surface area (Å²) in [6, 6.07) is 14.2. The van der Waals surface area contributed by atoms with Crippen molar-refractivity contribution in [1.82, 2.24) is 4.90 Å². The first kappa shape index (κ1) is 23.1. The maximum absolute atomic E-state index is 13.9. The third-order valence-electron chi connectivity index (χ3n) is 5.57. The number of carbonyl (C=O) groups is 2. The van der Waals surface area contributed by atoms with Crippen LogP contribution in [0.5, 0.6) is 0 Å². The molecule has 162 valence electrons. The van der Waals surface area contributed by atoms with E-state index < -0.39 is 17.1 Å². The lowest BCUT2D eigenvalue weighted by molar-refractivity contribution is -0.141. The van der Waals surface area contributed by atoms with E-state index in [1.54, 1.807) is 47.1 Å². The SMILES string of the molecule is CC(=O)N1[C@H](C(C)(C)C)N(c2cc(Cl)cc(Cl)c2)C(=O)[C@@]1(C)Cc1ccc(C#N)cc1. The number of anilines is 1. The first-order chi connectivity index (χ1) is 14.4. The molecule has 1 heterocycles. The lowest BCUT2D eigenvalue weighted by Gasteiger charge is -2.42. The number of hydrogen-bond acceptors (Lipinski definition) is 3. The van der Waals surface area contributed by atoms with Crippen molar-refractivity contribution in [3.05, 3.63) is 63.6 Å². The van der Waals surface area contributed by atoms with E-state index in [9.17, 15) is 9.59 Å². The highest BCUT2D eigenvalue weighted by Crippen LogP contribution is 2.44. The molecule has 0 unspecified atom stereocenters. The van der Waals surface area contributed by atoms with Gasteiger partial charge >= 0.3 is 0 Å². The zero-order valence-electron chi connectivity index (χ0n) is 18.2. The number of benzene rings is 2. The third-order valence-corrected chi connectivity index (χ3v) is 6.01. The number of rotatable bonds is 3. The first-order valence-electron chi connectivity index (χ1n) is 9.97. The van der Waals surface area contributed by atoms with Gasteiger partial charge in [-0.05, 0) is 42.8 Å². The molecule has 0 radical (unpaired) electrons. The van der Waals surface area contributed by atoms with E-state index >= 15 is 0 Å². The van der Waals surface area contributed by atoms with Gasteiger partial charge in [0.2, 0.25) is 5.91 Å². The number of hydrogen-bond donors (Lipinski definition) is 0. The Labute approximate surface area is 193 Å². The molecule has 3 rings (SSSR count). The van der Waals surface area contributed by atoms with Gasteiger partial charge in [0.05, 0.1) is 11.6 Å². The predicted octanol–water partition coefficient (Wildman–Crippen LogP) is 5.43. The lowest BCUT2D eigenvalue weighted by atomic mass is 9.87. The first-order valence-corrected chi connectivity index (χ1v) is 10.7. The Balaban J connectivity index is 2.17. The molecule has 0 aliphatic carbocycles. The number of nitriles is 1. The van der Waals surface area contributed by atoms with Gasteiger partial charge in [0.25, 0.3) is 5.91 Å². The summed E-state index contributed by atoms with van der Waals surface area (Å²) in [7, 11) is 0.